The molecule has 56 valence electrons. The zero-order chi connectivity index (χ0) is 8.43. The molecule has 0 bridgehead atoms. The fourth-order valence-corrected chi connectivity index (χ4v) is 0.753. The van der Waals surface area contributed by atoms with Crippen LogP contribution in [-0.4, -0.2) is 17.9 Å². The number of nitro groups is 1. The monoisotopic (exact) mass is 151 g/mol. The summed E-state index contributed by atoms with van der Waals surface area (Å²) < 4.78 is 0. The van der Waals surface area contributed by atoms with Gasteiger partial charge in [-0.15, -0.1) is 0 Å². The van der Waals surface area contributed by atoms with Crippen LogP contribution in [0.2, 0.25) is 0 Å². The second-order valence-electron chi connectivity index (χ2n) is 2.23. The summed E-state index contributed by atoms with van der Waals surface area (Å²) in [5, 5.41) is 19.2. The van der Waals surface area contributed by atoms with Crippen LogP contribution in [0.1, 0.15) is 0 Å². The molecule has 0 atom stereocenters. The molecule has 4 nitrogen and oxygen atoms in total. The highest BCUT2D eigenvalue weighted by Gasteiger charge is 2.05. The molecule has 0 spiro atoms. The van der Waals surface area contributed by atoms with Gasteiger partial charge in [-0.3, -0.25) is 10.1 Å². The number of nitrogens with zero attached hydrogens (tertiary/aromatic N) is 1. The molecule has 1 rings (SSSR count). The summed E-state index contributed by atoms with van der Waals surface area (Å²) in [6.45, 7) is 0. The van der Waals surface area contributed by atoms with Crippen LogP contribution < -0.4 is 5.46 Å². The smallest absolute Gasteiger partial charge is 0.269 e. The van der Waals surface area contributed by atoms with Crippen molar-refractivity contribution in [3.05, 3.63) is 28.3 Å². The Morgan fingerprint density at radius 1 is 1.55 bits per heavy atom. The number of phenols is 1. The van der Waals surface area contributed by atoms with Gasteiger partial charge < -0.3 is 5.11 Å². The third-order valence-corrected chi connectivity index (χ3v) is 1.39. The number of nitro benzene ring substituents is 1. The fraction of sp³-hybridized carbons (Fsp3) is 0. The average molecular weight is 151 g/mol. The van der Waals surface area contributed by atoms with Gasteiger partial charge in [0.1, 0.15) is 13.6 Å². The molecule has 0 unspecified atom stereocenters. The van der Waals surface area contributed by atoms with E-state index in [1.807, 2.05) is 0 Å². The third kappa shape index (κ3) is 1.49. The molecular weight excluding hydrogens is 145 g/mol. The van der Waals surface area contributed by atoms with E-state index in [0.29, 0.717) is 5.46 Å². The van der Waals surface area contributed by atoms with E-state index in [-0.39, 0.29) is 11.4 Å². The minimum atomic E-state index is -0.494. The van der Waals surface area contributed by atoms with Crippen LogP contribution in [0, 0.1) is 10.1 Å². The molecule has 0 fully saturated rings. The van der Waals surface area contributed by atoms with E-state index in [4.69, 9.17) is 5.11 Å². The maximum Gasteiger partial charge on any atom is 0.269 e. The molecule has 1 aromatic carbocycles. The Morgan fingerprint density at radius 3 is 2.64 bits per heavy atom. The van der Waals surface area contributed by atoms with Crippen molar-refractivity contribution in [3.63, 3.8) is 0 Å². The number of benzene rings is 1. The van der Waals surface area contributed by atoms with Crippen molar-refractivity contribution in [3.8, 4) is 5.75 Å². The van der Waals surface area contributed by atoms with E-state index in [1.165, 1.54) is 18.2 Å². The van der Waals surface area contributed by atoms with Crippen LogP contribution in [0.5, 0.6) is 5.75 Å². The van der Waals surface area contributed by atoms with Gasteiger partial charge in [-0.1, -0.05) is 0 Å². The topological polar surface area (TPSA) is 63.4 Å². The normalized spacial score (nSPS) is 9.45. The van der Waals surface area contributed by atoms with Gasteiger partial charge in [0.05, 0.1) is 4.92 Å². The molecule has 0 amide bonds. The lowest BCUT2D eigenvalue weighted by Gasteiger charge is -1.96. The van der Waals surface area contributed by atoms with Crippen LogP contribution in [0.3, 0.4) is 0 Å². The number of non-ortho nitro benzene ring substituents is 1. The lowest BCUT2D eigenvalue weighted by molar-refractivity contribution is -0.384. The van der Waals surface area contributed by atoms with Crippen molar-refractivity contribution < 1.29 is 10.0 Å². The Morgan fingerprint density at radius 2 is 2.18 bits per heavy atom. The molecule has 0 saturated carbocycles. The molecule has 0 aliphatic heterocycles. The summed E-state index contributed by atoms with van der Waals surface area (Å²) >= 11 is 0. The first kappa shape index (κ1) is 7.59. The van der Waals surface area contributed by atoms with Crippen LogP contribution in [0.15, 0.2) is 18.2 Å². The van der Waals surface area contributed by atoms with Gasteiger partial charge in [-0.25, -0.2) is 0 Å². The van der Waals surface area contributed by atoms with Crippen molar-refractivity contribution in [2.45, 2.75) is 0 Å². The van der Waals surface area contributed by atoms with E-state index in [1.54, 1.807) is 7.85 Å². The predicted molar refractivity (Wildman–Crippen MR) is 42.9 cm³/mol. The van der Waals surface area contributed by atoms with Gasteiger partial charge >= 0.3 is 0 Å². The Bertz CT molecular complexity index is 300. The Balaban J connectivity index is 3.15. The Labute approximate surface area is 64.0 Å². The summed E-state index contributed by atoms with van der Waals surface area (Å²) in [5.41, 5.74) is 0.513. The first-order valence-electron chi connectivity index (χ1n) is 3.05. The number of hydrogen-bond acceptors (Lipinski definition) is 3. The Hall–Kier alpha value is -1.52. The average Bonchev–Trinajstić information content (AvgIpc) is 1.94. The SMILES string of the molecule is Bc1cc([N+](=O)[O-])ccc1O. The summed E-state index contributed by atoms with van der Waals surface area (Å²) in [6, 6.07) is 3.91. The third-order valence-electron chi connectivity index (χ3n) is 1.39. The zero-order valence-corrected chi connectivity index (χ0v) is 5.94. The van der Waals surface area contributed by atoms with Crippen molar-refractivity contribution in [2.75, 3.05) is 0 Å². The highest BCUT2D eigenvalue weighted by atomic mass is 16.6. The molecule has 1 aromatic rings. The molecule has 0 aromatic heterocycles. The van der Waals surface area contributed by atoms with E-state index < -0.39 is 4.92 Å². The maximum atomic E-state index is 10.2. The molecule has 0 aliphatic carbocycles. The van der Waals surface area contributed by atoms with Gasteiger partial charge in [0.15, 0.2) is 0 Å². The van der Waals surface area contributed by atoms with Crippen molar-refractivity contribution in [1.82, 2.24) is 0 Å². The maximum absolute atomic E-state index is 10.2. The summed E-state index contributed by atoms with van der Waals surface area (Å²) in [5.74, 6) is 0.0793. The predicted octanol–water partition coefficient (Wildman–Crippen LogP) is -0.441. The van der Waals surface area contributed by atoms with Gasteiger partial charge in [0.2, 0.25) is 0 Å². The fourth-order valence-electron chi connectivity index (χ4n) is 0.753. The van der Waals surface area contributed by atoms with Crippen LogP contribution in [0.4, 0.5) is 5.69 Å². The second-order valence-corrected chi connectivity index (χ2v) is 2.23. The summed E-state index contributed by atoms with van der Waals surface area (Å²) in [7, 11) is 1.61. The van der Waals surface area contributed by atoms with Gasteiger partial charge in [-0.05, 0) is 11.5 Å². The highest BCUT2D eigenvalue weighted by molar-refractivity contribution is 6.34. The van der Waals surface area contributed by atoms with Crippen molar-refractivity contribution in [2.24, 2.45) is 0 Å². The molecule has 1 N–H and O–H groups in total. The first-order chi connectivity index (χ1) is 5.11. The largest absolute Gasteiger partial charge is 0.509 e. The second kappa shape index (κ2) is 2.61. The standard InChI is InChI=1S/C6H6BNO3/c7-5-3-4(8(10)11)1-2-6(5)9/h1-3,9H,7H2. The molecule has 0 aliphatic rings. The Kier molecular flexibility index (Phi) is 1.80. The number of phenolic OH excluding ortho intramolecular Hbond substituents is 1. The van der Waals surface area contributed by atoms with Crippen LogP contribution in [0.25, 0.3) is 0 Å². The molecule has 0 radical (unpaired) electrons. The van der Waals surface area contributed by atoms with E-state index >= 15 is 0 Å². The lowest BCUT2D eigenvalue weighted by atomic mass is 9.95. The molecular formula is C6H6BNO3. The van der Waals surface area contributed by atoms with E-state index in [9.17, 15) is 10.1 Å². The van der Waals surface area contributed by atoms with Crippen molar-refractivity contribution >= 4 is 19.0 Å². The molecule has 0 saturated heterocycles. The van der Waals surface area contributed by atoms with E-state index in [2.05, 4.69) is 0 Å². The van der Waals surface area contributed by atoms with Gasteiger partial charge in [-0.2, -0.15) is 0 Å². The number of aromatic hydroxyl groups is 1. The van der Waals surface area contributed by atoms with Gasteiger partial charge in [0, 0.05) is 12.1 Å². The zero-order valence-electron chi connectivity index (χ0n) is 5.94. The number of hydrogen-bond donors (Lipinski definition) is 1. The molecule has 11 heavy (non-hydrogen) atoms. The molecule has 5 heteroatoms. The summed E-state index contributed by atoms with van der Waals surface area (Å²) in [4.78, 5) is 9.69. The quantitative estimate of drug-likeness (QED) is 0.336. The van der Waals surface area contributed by atoms with Crippen LogP contribution in [-0.2, 0) is 0 Å². The lowest BCUT2D eigenvalue weighted by Crippen LogP contribution is -2.03. The van der Waals surface area contributed by atoms with Crippen LogP contribution >= 0.6 is 0 Å². The number of rotatable bonds is 1. The van der Waals surface area contributed by atoms with Crippen molar-refractivity contribution in [1.29, 1.82) is 0 Å². The van der Waals surface area contributed by atoms with E-state index in [0.717, 1.165) is 0 Å². The minimum Gasteiger partial charge on any atom is -0.509 e. The first-order valence-corrected chi connectivity index (χ1v) is 3.05. The minimum absolute atomic E-state index is 0.000278. The molecule has 0 heterocycles. The van der Waals surface area contributed by atoms with Gasteiger partial charge in [0.25, 0.3) is 5.69 Å². The summed E-state index contributed by atoms with van der Waals surface area (Å²) in [6.07, 6.45) is 0. The highest BCUT2D eigenvalue weighted by Crippen LogP contribution is 2.12.